The van der Waals surface area contributed by atoms with Gasteiger partial charge in [0.1, 0.15) is 12.6 Å². The van der Waals surface area contributed by atoms with Crippen molar-refractivity contribution in [2.75, 3.05) is 37.4 Å². The van der Waals surface area contributed by atoms with Crippen LogP contribution in [0.4, 0.5) is 5.69 Å². The highest BCUT2D eigenvalue weighted by molar-refractivity contribution is 7.85. The maximum Gasteiger partial charge on any atom is 0.264 e. The Kier molecular flexibility index (Phi) is 15.9. The molecule has 1 aromatic rings. The molecule has 2 rings (SSSR count). The number of aryl methyl sites for hydroxylation is 1. The second kappa shape index (κ2) is 19.3. The first kappa shape index (κ1) is 37.0. The number of nitrogens with zero attached hydrogens (tertiary/aromatic N) is 1. The minimum atomic E-state index is -4.02. The van der Waals surface area contributed by atoms with Gasteiger partial charge in [-0.2, -0.15) is 8.42 Å². The predicted molar refractivity (Wildman–Crippen MR) is 164 cm³/mol. The van der Waals surface area contributed by atoms with Crippen molar-refractivity contribution in [3.05, 3.63) is 41.5 Å². The third-order valence-electron chi connectivity index (χ3n) is 6.62. The van der Waals surface area contributed by atoms with Crippen LogP contribution in [0, 0.1) is 5.41 Å². The number of ether oxygens (including phenoxy) is 2. The summed E-state index contributed by atoms with van der Waals surface area (Å²) < 4.78 is 40.8. The SMILES string of the molecule is CC(NC(=O)CNC(=O)CCCCCN1C(=O)C=CC1=O)C(=O)Nc1ccc(COC=N)c(CCCOCCCS(=O)(=O)O)c1. The molecule has 16 heteroatoms. The van der Waals surface area contributed by atoms with Gasteiger partial charge >= 0.3 is 0 Å². The summed E-state index contributed by atoms with van der Waals surface area (Å²) in [4.78, 5) is 61.3. The molecule has 1 atom stereocenters. The largest absolute Gasteiger partial charge is 0.479 e. The summed E-state index contributed by atoms with van der Waals surface area (Å²) in [5, 5.41) is 14.9. The topological polar surface area (TPSA) is 221 Å². The predicted octanol–water partition coefficient (Wildman–Crippen LogP) is 1.08. The maximum atomic E-state index is 12.7. The molecule has 5 N–H and O–H groups in total. The van der Waals surface area contributed by atoms with E-state index in [1.165, 1.54) is 19.1 Å². The molecule has 1 heterocycles. The normalized spacial score (nSPS) is 13.4. The average Bonchev–Trinajstić information content (AvgIpc) is 3.30. The van der Waals surface area contributed by atoms with Crippen LogP contribution in [0.5, 0.6) is 0 Å². The molecule has 45 heavy (non-hydrogen) atoms. The van der Waals surface area contributed by atoms with Gasteiger partial charge in [-0.3, -0.25) is 38.8 Å². The fraction of sp³-hybridized carbons (Fsp3) is 0.517. The van der Waals surface area contributed by atoms with Crippen LogP contribution in [0.15, 0.2) is 30.4 Å². The minimum Gasteiger partial charge on any atom is -0.479 e. The second-order valence-electron chi connectivity index (χ2n) is 10.3. The first-order chi connectivity index (χ1) is 21.4. The van der Waals surface area contributed by atoms with Gasteiger partial charge in [0.15, 0.2) is 6.40 Å². The number of hydrogen-bond donors (Lipinski definition) is 5. The Morgan fingerprint density at radius 2 is 1.71 bits per heavy atom. The molecule has 5 amide bonds. The van der Waals surface area contributed by atoms with E-state index in [2.05, 4.69) is 16.0 Å². The summed E-state index contributed by atoms with van der Waals surface area (Å²) in [5.74, 6) is -2.40. The molecule has 0 fully saturated rings. The Morgan fingerprint density at radius 1 is 1.00 bits per heavy atom. The van der Waals surface area contributed by atoms with Crippen LogP contribution in [0.25, 0.3) is 0 Å². The molecular formula is C29H41N5O10S. The Labute approximate surface area is 262 Å². The van der Waals surface area contributed by atoms with Gasteiger partial charge in [0.25, 0.3) is 21.9 Å². The van der Waals surface area contributed by atoms with E-state index in [-0.39, 0.29) is 62.6 Å². The highest BCUT2D eigenvalue weighted by Gasteiger charge is 2.22. The highest BCUT2D eigenvalue weighted by atomic mass is 32.2. The summed E-state index contributed by atoms with van der Waals surface area (Å²) >= 11 is 0. The van der Waals surface area contributed by atoms with E-state index in [9.17, 15) is 32.4 Å². The van der Waals surface area contributed by atoms with Gasteiger partial charge < -0.3 is 25.4 Å². The maximum absolute atomic E-state index is 12.7. The van der Waals surface area contributed by atoms with Gasteiger partial charge in [0.2, 0.25) is 17.7 Å². The van der Waals surface area contributed by atoms with Gasteiger partial charge in [-0.05, 0) is 62.3 Å². The van der Waals surface area contributed by atoms with Crippen LogP contribution in [0.1, 0.15) is 56.6 Å². The molecule has 15 nitrogen and oxygen atoms in total. The van der Waals surface area contributed by atoms with Crippen molar-refractivity contribution in [1.29, 1.82) is 5.41 Å². The van der Waals surface area contributed by atoms with Gasteiger partial charge in [-0.25, -0.2) is 0 Å². The van der Waals surface area contributed by atoms with Crippen LogP contribution in [0.2, 0.25) is 0 Å². The van der Waals surface area contributed by atoms with Gasteiger partial charge in [-0.15, -0.1) is 0 Å². The zero-order valence-electron chi connectivity index (χ0n) is 25.2. The number of nitrogens with one attached hydrogen (secondary N) is 4. The highest BCUT2D eigenvalue weighted by Crippen LogP contribution is 2.19. The third kappa shape index (κ3) is 14.9. The molecule has 248 valence electrons. The van der Waals surface area contributed by atoms with Crippen LogP contribution < -0.4 is 16.0 Å². The number of unbranched alkanes of at least 4 members (excludes halogenated alkanes) is 2. The van der Waals surface area contributed by atoms with Crippen molar-refractivity contribution in [2.24, 2.45) is 0 Å². The number of carbonyl (C=O) groups excluding carboxylic acids is 5. The van der Waals surface area contributed by atoms with Crippen molar-refractivity contribution in [2.45, 2.75) is 64.5 Å². The van der Waals surface area contributed by atoms with Crippen LogP contribution >= 0.6 is 0 Å². The molecule has 1 unspecified atom stereocenters. The summed E-state index contributed by atoms with van der Waals surface area (Å²) in [7, 11) is -4.02. The smallest absolute Gasteiger partial charge is 0.264 e. The summed E-state index contributed by atoms with van der Waals surface area (Å²) in [5.41, 5.74) is 2.12. The number of imide groups is 1. The van der Waals surface area contributed by atoms with Crippen LogP contribution in [-0.4, -0.2) is 91.9 Å². The summed E-state index contributed by atoms with van der Waals surface area (Å²) in [6.07, 6.45) is 6.46. The first-order valence-electron chi connectivity index (χ1n) is 14.6. The molecule has 0 radical (unpaired) electrons. The minimum absolute atomic E-state index is 0.152. The Balaban J connectivity index is 1.72. The standard InChI is InChI=1S/C29H41N5O10S/c1-21(32-26(36)18-31-25(35)8-3-2-4-13-34-27(37)11-12-28(34)38)29(39)33-24-10-9-23(19-44-20-30)22(17-24)7-5-14-43-15-6-16-45(40,41)42/h9-12,17,20-21,30H,2-8,13-16,18-19H2,1H3,(H,31,35)(H,32,36)(H,33,39)(H,40,41,42). The fourth-order valence-corrected chi connectivity index (χ4v) is 4.76. The Hall–Kier alpha value is -4.15. The van der Waals surface area contributed by atoms with E-state index in [4.69, 9.17) is 19.4 Å². The van der Waals surface area contributed by atoms with E-state index < -0.39 is 28.0 Å². The lowest BCUT2D eigenvalue weighted by Gasteiger charge is -2.16. The molecule has 0 bridgehead atoms. The van der Waals surface area contributed by atoms with Crippen molar-refractivity contribution < 1.29 is 46.4 Å². The molecule has 1 aromatic carbocycles. The number of amides is 5. The number of carbonyl (C=O) groups is 5. The molecule has 0 aliphatic carbocycles. The quantitative estimate of drug-likeness (QED) is 0.0395. The molecular weight excluding hydrogens is 610 g/mol. The summed E-state index contributed by atoms with van der Waals surface area (Å²) in [6.45, 7) is 2.17. The van der Waals surface area contributed by atoms with Crippen molar-refractivity contribution >= 4 is 51.7 Å². The van der Waals surface area contributed by atoms with Gasteiger partial charge in [0.05, 0.1) is 12.3 Å². The van der Waals surface area contributed by atoms with E-state index in [0.29, 0.717) is 44.4 Å². The summed E-state index contributed by atoms with van der Waals surface area (Å²) in [6, 6.07) is 4.27. The van der Waals surface area contributed by atoms with E-state index in [1.807, 2.05) is 0 Å². The van der Waals surface area contributed by atoms with Crippen LogP contribution in [0.3, 0.4) is 0 Å². The van der Waals surface area contributed by atoms with Gasteiger partial charge in [-0.1, -0.05) is 12.5 Å². The number of benzene rings is 1. The lowest BCUT2D eigenvalue weighted by atomic mass is 10.0. The lowest BCUT2D eigenvalue weighted by molar-refractivity contribution is -0.137. The number of anilines is 1. The van der Waals surface area contributed by atoms with Crippen molar-refractivity contribution in [3.63, 3.8) is 0 Å². The zero-order chi connectivity index (χ0) is 33.2. The molecule has 0 saturated heterocycles. The number of rotatable bonds is 22. The fourth-order valence-electron chi connectivity index (χ4n) is 4.28. The van der Waals surface area contributed by atoms with Crippen molar-refractivity contribution in [1.82, 2.24) is 15.5 Å². The Morgan fingerprint density at radius 3 is 2.40 bits per heavy atom. The molecule has 0 aromatic heterocycles. The molecule has 0 saturated carbocycles. The Bertz CT molecular complexity index is 1330. The van der Waals surface area contributed by atoms with E-state index in [0.717, 1.165) is 22.4 Å². The third-order valence-corrected chi connectivity index (χ3v) is 7.43. The monoisotopic (exact) mass is 651 g/mol. The number of hydrogen-bond acceptors (Lipinski definition) is 10. The zero-order valence-corrected chi connectivity index (χ0v) is 26.0. The lowest BCUT2D eigenvalue weighted by Crippen LogP contribution is -2.45. The molecule has 1 aliphatic heterocycles. The van der Waals surface area contributed by atoms with E-state index in [1.54, 1.807) is 18.2 Å². The van der Waals surface area contributed by atoms with E-state index >= 15 is 0 Å². The average molecular weight is 652 g/mol. The molecule has 1 aliphatic rings. The first-order valence-corrected chi connectivity index (χ1v) is 16.2. The van der Waals surface area contributed by atoms with Crippen LogP contribution in [-0.2, 0) is 56.6 Å². The second-order valence-corrected chi connectivity index (χ2v) is 11.9. The van der Waals surface area contributed by atoms with Gasteiger partial charge in [0, 0.05) is 44.0 Å². The van der Waals surface area contributed by atoms with Crippen molar-refractivity contribution in [3.8, 4) is 0 Å². The molecule has 0 spiro atoms.